The molecule has 0 amide bonds. The number of nitrogens with zero attached hydrogens (tertiary/aromatic N) is 1. The van der Waals surface area contributed by atoms with Crippen LogP contribution in [0.3, 0.4) is 0 Å². The van der Waals surface area contributed by atoms with Crippen LogP contribution in [0.25, 0.3) is 0 Å². The predicted molar refractivity (Wildman–Crippen MR) is 57.4 cm³/mol. The van der Waals surface area contributed by atoms with Crippen molar-refractivity contribution in [1.29, 1.82) is 0 Å². The fourth-order valence-corrected chi connectivity index (χ4v) is 1.39. The summed E-state index contributed by atoms with van der Waals surface area (Å²) in [6, 6.07) is 1.90. The predicted octanol–water partition coefficient (Wildman–Crippen LogP) is 3.15. The van der Waals surface area contributed by atoms with Crippen LogP contribution in [0.5, 0.6) is 0 Å². The fraction of sp³-hybridized carbons (Fsp3) is 0.500. The number of carbonyl (C=O) groups excluding carboxylic acids is 1. The van der Waals surface area contributed by atoms with Crippen molar-refractivity contribution < 1.29 is 4.79 Å². The monoisotopic (exact) mass is 191 g/mol. The van der Waals surface area contributed by atoms with Gasteiger partial charge in [0.1, 0.15) is 0 Å². The molecule has 0 saturated heterocycles. The molecular weight excluding hydrogens is 174 g/mol. The molecule has 0 radical (unpaired) electrons. The molecule has 1 heterocycles. The zero-order valence-electron chi connectivity index (χ0n) is 8.92. The van der Waals surface area contributed by atoms with Gasteiger partial charge in [-0.2, -0.15) is 0 Å². The van der Waals surface area contributed by atoms with Gasteiger partial charge in [0.05, 0.1) is 0 Å². The second-order valence-electron chi connectivity index (χ2n) is 3.63. The maximum atomic E-state index is 11.6. The van der Waals surface area contributed by atoms with Crippen LogP contribution < -0.4 is 0 Å². The molecule has 0 aliphatic rings. The molecule has 2 heteroatoms. The molecule has 76 valence electrons. The molecule has 0 aliphatic heterocycles. The third-order valence-corrected chi connectivity index (χ3v) is 2.20. The maximum absolute atomic E-state index is 11.6. The third kappa shape index (κ3) is 3.29. The van der Waals surface area contributed by atoms with Crippen molar-refractivity contribution in [2.75, 3.05) is 0 Å². The molecule has 1 aromatic rings. The number of ketones is 1. The molecule has 0 fully saturated rings. The van der Waals surface area contributed by atoms with Gasteiger partial charge in [0.15, 0.2) is 5.78 Å². The molecule has 0 aromatic carbocycles. The Balaban J connectivity index is 2.52. The van der Waals surface area contributed by atoms with Gasteiger partial charge >= 0.3 is 0 Å². The number of rotatable bonds is 5. The molecule has 1 rings (SSSR count). The van der Waals surface area contributed by atoms with E-state index >= 15 is 0 Å². The van der Waals surface area contributed by atoms with Crippen molar-refractivity contribution in [2.24, 2.45) is 0 Å². The number of aromatic nitrogens is 1. The smallest absolute Gasteiger partial charge is 0.164 e. The summed E-state index contributed by atoms with van der Waals surface area (Å²) in [5.41, 5.74) is 1.80. The van der Waals surface area contributed by atoms with Crippen LogP contribution in [-0.2, 0) is 0 Å². The van der Waals surface area contributed by atoms with Crippen molar-refractivity contribution in [3.05, 3.63) is 29.6 Å². The third-order valence-electron chi connectivity index (χ3n) is 2.20. The number of pyridine rings is 1. The van der Waals surface area contributed by atoms with Gasteiger partial charge in [-0.25, -0.2) is 0 Å². The Labute approximate surface area is 85.4 Å². The van der Waals surface area contributed by atoms with Crippen LogP contribution in [0, 0.1) is 6.92 Å². The highest BCUT2D eigenvalue weighted by Crippen LogP contribution is 2.08. The molecule has 0 spiro atoms. The van der Waals surface area contributed by atoms with Gasteiger partial charge in [-0.1, -0.05) is 19.8 Å². The average molecular weight is 191 g/mol. The second kappa shape index (κ2) is 5.53. The lowest BCUT2D eigenvalue weighted by molar-refractivity contribution is 0.0979. The largest absolute Gasteiger partial charge is 0.294 e. The SMILES string of the molecule is CCCCCC(=O)c1cncc(C)c1. The van der Waals surface area contributed by atoms with E-state index in [1.807, 2.05) is 13.0 Å². The molecule has 0 atom stereocenters. The van der Waals surface area contributed by atoms with Gasteiger partial charge < -0.3 is 0 Å². The highest BCUT2D eigenvalue weighted by molar-refractivity contribution is 5.95. The standard InChI is InChI=1S/C12H17NO/c1-3-4-5-6-12(14)11-7-10(2)8-13-9-11/h7-9H,3-6H2,1-2H3. The lowest BCUT2D eigenvalue weighted by Crippen LogP contribution is -1.99. The lowest BCUT2D eigenvalue weighted by Gasteiger charge is -2.00. The Morgan fingerprint density at radius 2 is 2.14 bits per heavy atom. The Bertz CT molecular complexity index is 307. The van der Waals surface area contributed by atoms with E-state index in [1.165, 1.54) is 0 Å². The van der Waals surface area contributed by atoms with E-state index < -0.39 is 0 Å². The zero-order valence-corrected chi connectivity index (χ0v) is 8.92. The van der Waals surface area contributed by atoms with Crippen molar-refractivity contribution in [1.82, 2.24) is 4.98 Å². The molecule has 0 unspecified atom stereocenters. The number of Topliss-reactive ketones (excluding diaryl/α,β-unsaturated/α-hetero) is 1. The zero-order chi connectivity index (χ0) is 10.4. The topological polar surface area (TPSA) is 30.0 Å². The van der Waals surface area contributed by atoms with E-state index in [4.69, 9.17) is 0 Å². The summed E-state index contributed by atoms with van der Waals surface area (Å²) in [5.74, 6) is 0.217. The van der Waals surface area contributed by atoms with Crippen molar-refractivity contribution >= 4 is 5.78 Å². The van der Waals surface area contributed by atoms with Gasteiger partial charge in [0.2, 0.25) is 0 Å². The van der Waals surface area contributed by atoms with Crippen LogP contribution >= 0.6 is 0 Å². The summed E-state index contributed by atoms with van der Waals surface area (Å²) in [4.78, 5) is 15.6. The van der Waals surface area contributed by atoms with Crippen molar-refractivity contribution in [3.63, 3.8) is 0 Å². The Morgan fingerprint density at radius 1 is 1.36 bits per heavy atom. The van der Waals surface area contributed by atoms with E-state index in [1.54, 1.807) is 12.4 Å². The summed E-state index contributed by atoms with van der Waals surface area (Å²) in [6.45, 7) is 4.09. The molecule has 2 nitrogen and oxygen atoms in total. The molecular formula is C12H17NO. The summed E-state index contributed by atoms with van der Waals surface area (Å²) < 4.78 is 0. The summed E-state index contributed by atoms with van der Waals surface area (Å²) in [5, 5.41) is 0. The van der Waals surface area contributed by atoms with E-state index in [0.29, 0.717) is 6.42 Å². The Morgan fingerprint density at radius 3 is 2.79 bits per heavy atom. The lowest BCUT2D eigenvalue weighted by atomic mass is 10.1. The first-order valence-electron chi connectivity index (χ1n) is 5.19. The summed E-state index contributed by atoms with van der Waals surface area (Å²) >= 11 is 0. The molecule has 0 aliphatic carbocycles. The van der Waals surface area contributed by atoms with Gasteiger partial charge in [-0.15, -0.1) is 0 Å². The first kappa shape index (κ1) is 10.9. The van der Waals surface area contributed by atoms with Gasteiger partial charge in [0.25, 0.3) is 0 Å². The van der Waals surface area contributed by atoms with E-state index in [2.05, 4.69) is 11.9 Å². The quantitative estimate of drug-likeness (QED) is 0.528. The van der Waals surface area contributed by atoms with Gasteiger partial charge in [-0.05, 0) is 25.0 Å². The van der Waals surface area contributed by atoms with E-state index in [0.717, 1.165) is 30.4 Å². The molecule has 0 saturated carbocycles. The van der Waals surface area contributed by atoms with Crippen molar-refractivity contribution in [3.8, 4) is 0 Å². The number of hydrogen-bond donors (Lipinski definition) is 0. The number of aryl methyl sites for hydroxylation is 1. The number of carbonyl (C=O) groups is 1. The summed E-state index contributed by atoms with van der Waals surface area (Å²) in [6.07, 6.45) is 7.34. The Hall–Kier alpha value is -1.18. The van der Waals surface area contributed by atoms with E-state index in [-0.39, 0.29) is 5.78 Å². The van der Waals surface area contributed by atoms with Crippen molar-refractivity contribution in [2.45, 2.75) is 39.5 Å². The maximum Gasteiger partial charge on any atom is 0.164 e. The van der Waals surface area contributed by atoms with Crippen LogP contribution in [0.4, 0.5) is 0 Å². The molecule has 0 bridgehead atoms. The minimum absolute atomic E-state index is 0.217. The highest BCUT2D eigenvalue weighted by Gasteiger charge is 2.05. The van der Waals surface area contributed by atoms with Crippen LogP contribution in [-0.4, -0.2) is 10.8 Å². The molecule has 14 heavy (non-hydrogen) atoms. The van der Waals surface area contributed by atoms with Crippen LogP contribution in [0.15, 0.2) is 18.5 Å². The molecule has 0 N–H and O–H groups in total. The number of unbranched alkanes of at least 4 members (excludes halogenated alkanes) is 2. The highest BCUT2D eigenvalue weighted by atomic mass is 16.1. The van der Waals surface area contributed by atoms with Crippen LogP contribution in [0.1, 0.15) is 48.5 Å². The van der Waals surface area contributed by atoms with Crippen LogP contribution in [0.2, 0.25) is 0 Å². The fourth-order valence-electron chi connectivity index (χ4n) is 1.39. The Kier molecular flexibility index (Phi) is 4.30. The minimum atomic E-state index is 0.217. The second-order valence-corrected chi connectivity index (χ2v) is 3.63. The first-order chi connectivity index (χ1) is 6.74. The first-order valence-corrected chi connectivity index (χ1v) is 5.19. The average Bonchev–Trinajstić information content (AvgIpc) is 2.18. The van der Waals surface area contributed by atoms with Gasteiger partial charge in [0, 0.05) is 24.4 Å². The van der Waals surface area contributed by atoms with Gasteiger partial charge in [-0.3, -0.25) is 9.78 Å². The normalized spacial score (nSPS) is 10.1. The summed E-state index contributed by atoms with van der Waals surface area (Å²) in [7, 11) is 0. The minimum Gasteiger partial charge on any atom is -0.294 e. The molecule has 1 aromatic heterocycles. The van der Waals surface area contributed by atoms with E-state index in [9.17, 15) is 4.79 Å². The number of hydrogen-bond acceptors (Lipinski definition) is 2.